The zero-order valence-corrected chi connectivity index (χ0v) is 13.4. The van der Waals surface area contributed by atoms with Gasteiger partial charge in [0.25, 0.3) is 0 Å². The smallest absolute Gasteiger partial charge is 0.0448 e. The van der Waals surface area contributed by atoms with Crippen molar-refractivity contribution in [1.82, 2.24) is 5.32 Å². The summed E-state index contributed by atoms with van der Waals surface area (Å²) in [7, 11) is -0.954. The van der Waals surface area contributed by atoms with Gasteiger partial charge in [-0.1, -0.05) is 59.3 Å². The molecule has 0 heterocycles. The lowest BCUT2D eigenvalue weighted by atomic mass is 9.82. The molecule has 98 valence electrons. The molecule has 0 aliphatic carbocycles. The second-order valence-corrected chi connectivity index (χ2v) is 11.9. The van der Waals surface area contributed by atoms with E-state index >= 15 is 0 Å². The maximum Gasteiger partial charge on any atom is 0.0448 e. The molecule has 0 saturated carbocycles. The van der Waals surface area contributed by atoms with Crippen molar-refractivity contribution in [3.8, 4) is 0 Å². The Morgan fingerprint density at radius 1 is 1.06 bits per heavy atom. The molecule has 1 N–H and O–H groups in total. The summed E-state index contributed by atoms with van der Waals surface area (Å²) in [5, 5.41) is 3.59. The highest BCUT2D eigenvalue weighted by Gasteiger charge is 2.32. The third-order valence-electron chi connectivity index (χ3n) is 3.47. The summed E-state index contributed by atoms with van der Waals surface area (Å²) in [5.74, 6) is 0. The van der Waals surface area contributed by atoms with Crippen molar-refractivity contribution in [3.05, 3.63) is 0 Å². The largest absolute Gasteiger partial charge is 0.316 e. The molecule has 0 spiro atoms. The van der Waals surface area contributed by atoms with Crippen LogP contribution < -0.4 is 5.32 Å². The van der Waals surface area contributed by atoms with Crippen LogP contribution in [0.4, 0.5) is 0 Å². The third kappa shape index (κ3) is 6.69. The molecule has 16 heavy (non-hydrogen) atoms. The Hall–Kier alpha value is 0.177. The van der Waals surface area contributed by atoms with Gasteiger partial charge in [0.15, 0.2) is 0 Å². The molecule has 0 aliphatic heterocycles. The normalized spacial score (nSPS) is 16.1. The molecule has 0 aromatic rings. The molecule has 0 aromatic heterocycles. The Morgan fingerprint density at radius 3 is 2.06 bits per heavy atom. The van der Waals surface area contributed by atoms with Gasteiger partial charge in [-0.05, 0) is 24.8 Å². The summed E-state index contributed by atoms with van der Waals surface area (Å²) in [6.45, 7) is 16.8. The van der Waals surface area contributed by atoms with Crippen molar-refractivity contribution >= 4 is 8.07 Å². The number of hydrogen-bond donors (Lipinski definition) is 1. The average Bonchev–Trinajstić information content (AvgIpc) is 2.20. The van der Waals surface area contributed by atoms with E-state index in [2.05, 4.69) is 45.7 Å². The highest BCUT2D eigenvalue weighted by Crippen LogP contribution is 2.37. The van der Waals surface area contributed by atoms with E-state index in [1.807, 2.05) is 0 Å². The molecule has 0 aliphatic rings. The molecular formula is C14H33NSi. The van der Waals surface area contributed by atoms with Gasteiger partial charge in [0, 0.05) is 14.6 Å². The van der Waals surface area contributed by atoms with Gasteiger partial charge in [0.1, 0.15) is 0 Å². The Balaban J connectivity index is 4.52. The van der Waals surface area contributed by atoms with Crippen molar-refractivity contribution in [3.63, 3.8) is 0 Å². The number of unbranched alkanes of at least 4 members (excludes halogenated alkanes) is 1. The van der Waals surface area contributed by atoms with Crippen molar-refractivity contribution in [2.75, 3.05) is 13.1 Å². The monoisotopic (exact) mass is 243 g/mol. The van der Waals surface area contributed by atoms with Gasteiger partial charge < -0.3 is 5.32 Å². The van der Waals surface area contributed by atoms with Gasteiger partial charge in [-0.3, -0.25) is 0 Å². The number of nitrogens with one attached hydrogen (secondary N) is 1. The van der Waals surface area contributed by atoms with Crippen molar-refractivity contribution in [2.45, 2.75) is 72.1 Å². The van der Waals surface area contributed by atoms with E-state index in [-0.39, 0.29) is 0 Å². The molecule has 0 rings (SSSR count). The van der Waals surface area contributed by atoms with Gasteiger partial charge in [-0.25, -0.2) is 0 Å². The summed E-state index contributed by atoms with van der Waals surface area (Å²) in [6.07, 6.45) is 5.48. The molecule has 2 heteroatoms. The third-order valence-corrected chi connectivity index (χ3v) is 5.28. The minimum Gasteiger partial charge on any atom is -0.316 e. The first-order valence-electron chi connectivity index (χ1n) is 7.10. The lowest BCUT2D eigenvalue weighted by Crippen LogP contribution is -2.40. The molecule has 0 bridgehead atoms. The quantitative estimate of drug-likeness (QED) is 0.587. The molecule has 0 radical (unpaired) electrons. The highest BCUT2D eigenvalue weighted by molar-refractivity contribution is 6.76. The first-order valence-corrected chi connectivity index (χ1v) is 10.8. The minimum absolute atomic E-state index is 0.580. The Morgan fingerprint density at radius 2 is 1.69 bits per heavy atom. The zero-order chi connectivity index (χ0) is 12.7. The van der Waals surface area contributed by atoms with E-state index in [9.17, 15) is 0 Å². The maximum absolute atomic E-state index is 3.59. The first-order chi connectivity index (χ1) is 7.39. The van der Waals surface area contributed by atoms with E-state index in [0.717, 1.165) is 6.54 Å². The van der Waals surface area contributed by atoms with E-state index in [4.69, 9.17) is 0 Å². The molecule has 0 aromatic carbocycles. The lowest BCUT2D eigenvalue weighted by molar-refractivity contribution is 0.260. The van der Waals surface area contributed by atoms with Crippen LogP contribution in [0.1, 0.15) is 46.5 Å². The van der Waals surface area contributed by atoms with Crippen LogP contribution in [-0.4, -0.2) is 21.2 Å². The molecule has 1 atom stereocenters. The molecule has 0 fully saturated rings. The molecule has 1 nitrogen and oxygen atoms in total. The van der Waals surface area contributed by atoms with Crippen LogP contribution in [0.3, 0.4) is 0 Å². The van der Waals surface area contributed by atoms with Gasteiger partial charge in [-0.2, -0.15) is 0 Å². The van der Waals surface area contributed by atoms with Crippen LogP contribution in [0, 0.1) is 5.41 Å². The summed E-state index contributed by atoms with van der Waals surface area (Å²) in [5.41, 5.74) is 0.580. The van der Waals surface area contributed by atoms with Crippen LogP contribution in [0.25, 0.3) is 0 Å². The van der Waals surface area contributed by atoms with Crippen molar-refractivity contribution < 1.29 is 0 Å². The van der Waals surface area contributed by atoms with Crippen LogP contribution in [0.5, 0.6) is 0 Å². The SMILES string of the molecule is CCCCC(CC)(CNCC)C[Si](C)(C)C. The maximum atomic E-state index is 3.59. The van der Waals surface area contributed by atoms with Crippen LogP contribution in [-0.2, 0) is 0 Å². The fourth-order valence-electron chi connectivity index (χ4n) is 2.73. The van der Waals surface area contributed by atoms with E-state index < -0.39 is 8.07 Å². The van der Waals surface area contributed by atoms with Gasteiger partial charge in [0.05, 0.1) is 0 Å². The van der Waals surface area contributed by atoms with Crippen molar-refractivity contribution in [1.29, 1.82) is 0 Å². The van der Waals surface area contributed by atoms with Crippen LogP contribution in [0.2, 0.25) is 25.7 Å². The highest BCUT2D eigenvalue weighted by atomic mass is 28.3. The average molecular weight is 244 g/mol. The minimum atomic E-state index is -0.954. The second-order valence-electron chi connectivity index (χ2n) is 6.47. The fourth-order valence-corrected chi connectivity index (χ4v) is 5.53. The zero-order valence-electron chi connectivity index (χ0n) is 12.4. The topological polar surface area (TPSA) is 12.0 Å². The van der Waals surface area contributed by atoms with Gasteiger partial charge in [0.2, 0.25) is 0 Å². The Labute approximate surface area is 104 Å². The van der Waals surface area contributed by atoms with Crippen LogP contribution >= 0.6 is 0 Å². The summed E-state index contributed by atoms with van der Waals surface area (Å²) < 4.78 is 0. The van der Waals surface area contributed by atoms with E-state index in [1.54, 1.807) is 0 Å². The van der Waals surface area contributed by atoms with E-state index in [0.29, 0.717) is 5.41 Å². The second kappa shape index (κ2) is 7.49. The predicted octanol–water partition coefficient (Wildman–Crippen LogP) is 4.52. The molecule has 1 unspecified atom stereocenters. The number of hydrogen-bond acceptors (Lipinski definition) is 1. The Bertz CT molecular complexity index is 164. The number of rotatable bonds is 9. The summed E-state index contributed by atoms with van der Waals surface area (Å²) in [4.78, 5) is 0. The summed E-state index contributed by atoms with van der Waals surface area (Å²) in [6, 6.07) is 1.48. The molecular weight excluding hydrogens is 210 g/mol. The Kier molecular flexibility index (Phi) is 7.58. The van der Waals surface area contributed by atoms with Crippen LogP contribution in [0.15, 0.2) is 0 Å². The van der Waals surface area contributed by atoms with E-state index in [1.165, 1.54) is 38.3 Å². The van der Waals surface area contributed by atoms with Gasteiger partial charge >= 0.3 is 0 Å². The summed E-state index contributed by atoms with van der Waals surface area (Å²) >= 11 is 0. The standard InChI is InChI=1S/C14H33NSi/c1-7-10-11-14(8-2,12-15-9-3)13-16(4,5)6/h15H,7-13H2,1-6H3. The first kappa shape index (κ1) is 16.2. The fraction of sp³-hybridized carbons (Fsp3) is 1.00. The molecule has 0 amide bonds. The predicted molar refractivity (Wildman–Crippen MR) is 78.9 cm³/mol. The lowest BCUT2D eigenvalue weighted by Gasteiger charge is -2.38. The van der Waals surface area contributed by atoms with Crippen molar-refractivity contribution in [2.24, 2.45) is 5.41 Å². The molecule has 0 saturated heterocycles. The van der Waals surface area contributed by atoms with Gasteiger partial charge in [-0.15, -0.1) is 0 Å².